The summed E-state index contributed by atoms with van der Waals surface area (Å²) in [5, 5.41) is 12.4. The van der Waals surface area contributed by atoms with E-state index >= 15 is 0 Å². The van der Waals surface area contributed by atoms with Gasteiger partial charge >= 0.3 is 0 Å². The highest BCUT2D eigenvalue weighted by molar-refractivity contribution is 9.10. The van der Waals surface area contributed by atoms with E-state index in [1.165, 1.54) is 6.07 Å². The van der Waals surface area contributed by atoms with E-state index in [0.29, 0.717) is 11.0 Å². The standard InChI is InChI=1S/C11H13BrFNO/c12-10-8(2-1-3-9(10)13)6-14-11(7-15)4-5-11/h1-3,14-15H,4-7H2. The molecule has 0 unspecified atom stereocenters. The lowest BCUT2D eigenvalue weighted by molar-refractivity contribution is 0.229. The van der Waals surface area contributed by atoms with Crippen molar-refractivity contribution in [3.63, 3.8) is 0 Å². The molecule has 1 fully saturated rings. The van der Waals surface area contributed by atoms with Gasteiger partial charge in [0.25, 0.3) is 0 Å². The quantitative estimate of drug-likeness (QED) is 0.882. The second-order valence-electron chi connectivity index (χ2n) is 4.00. The number of aliphatic hydroxyl groups is 1. The van der Waals surface area contributed by atoms with Gasteiger partial charge in [0.2, 0.25) is 0 Å². The molecule has 2 rings (SSSR count). The molecule has 1 aromatic rings. The van der Waals surface area contributed by atoms with Gasteiger partial charge in [-0.3, -0.25) is 0 Å². The second-order valence-corrected chi connectivity index (χ2v) is 4.80. The van der Waals surface area contributed by atoms with Crippen molar-refractivity contribution in [3.8, 4) is 0 Å². The molecule has 0 amide bonds. The molecule has 1 saturated carbocycles. The van der Waals surface area contributed by atoms with Crippen LogP contribution in [0.4, 0.5) is 4.39 Å². The Bertz CT molecular complexity index is 366. The molecule has 0 spiro atoms. The van der Waals surface area contributed by atoms with E-state index < -0.39 is 0 Å². The molecule has 0 heterocycles. The third-order valence-electron chi connectivity index (χ3n) is 2.84. The minimum absolute atomic E-state index is 0.105. The van der Waals surface area contributed by atoms with Crippen molar-refractivity contribution in [1.82, 2.24) is 5.32 Å². The number of nitrogens with one attached hydrogen (secondary N) is 1. The van der Waals surface area contributed by atoms with Crippen molar-refractivity contribution < 1.29 is 9.50 Å². The topological polar surface area (TPSA) is 32.3 Å². The van der Waals surface area contributed by atoms with E-state index in [1.54, 1.807) is 6.07 Å². The van der Waals surface area contributed by atoms with E-state index in [9.17, 15) is 4.39 Å². The van der Waals surface area contributed by atoms with Crippen molar-refractivity contribution >= 4 is 15.9 Å². The number of rotatable bonds is 4. The molecule has 0 aromatic heterocycles. The Balaban J connectivity index is 2.02. The van der Waals surface area contributed by atoms with E-state index in [4.69, 9.17) is 5.11 Å². The zero-order valence-corrected chi connectivity index (χ0v) is 9.85. The molecular weight excluding hydrogens is 261 g/mol. The molecule has 2 nitrogen and oxygen atoms in total. The Morgan fingerprint density at radius 1 is 1.47 bits per heavy atom. The summed E-state index contributed by atoms with van der Waals surface area (Å²) in [5.74, 6) is -0.247. The van der Waals surface area contributed by atoms with E-state index in [2.05, 4.69) is 21.2 Å². The first-order valence-electron chi connectivity index (χ1n) is 4.96. The van der Waals surface area contributed by atoms with Crippen LogP contribution in [-0.4, -0.2) is 17.3 Å². The van der Waals surface area contributed by atoms with Gasteiger partial charge < -0.3 is 10.4 Å². The maximum Gasteiger partial charge on any atom is 0.137 e. The number of aliphatic hydroxyl groups excluding tert-OH is 1. The summed E-state index contributed by atoms with van der Waals surface area (Å²) in [6.07, 6.45) is 1.99. The molecule has 4 heteroatoms. The zero-order chi connectivity index (χ0) is 10.9. The summed E-state index contributed by atoms with van der Waals surface area (Å²) >= 11 is 3.21. The number of halogens is 2. The van der Waals surface area contributed by atoms with Gasteiger partial charge in [0, 0.05) is 12.1 Å². The SMILES string of the molecule is OCC1(NCc2cccc(F)c2Br)CC1. The Hall–Kier alpha value is -0.450. The molecule has 0 saturated heterocycles. The van der Waals surface area contributed by atoms with Crippen molar-refractivity contribution in [2.75, 3.05) is 6.61 Å². The van der Waals surface area contributed by atoms with Crippen LogP contribution in [0.2, 0.25) is 0 Å². The molecule has 2 N–H and O–H groups in total. The normalized spacial score (nSPS) is 17.8. The molecule has 0 bridgehead atoms. The average molecular weight is 274 g/mol. The summed E-state index contributed by atoms with van der Waals surface area (Å²) < 4.78 is 13.7. The summed E-state index contributed by atoms with van der Waals surface area (Å²) in [6, 6.07) is 4.98. The van der Waals surface area contributed by atoms with Crippen LogP contribution in [0, 0.1) is 5.82 Å². The van der Waals surface area contributed by atoms with Crippen LogP contribution in [0.1, 0.15) is 18.4 Å². The van der Waals surface area contributed by atoms with Gasteiger partial charge in [0.05, 0.1) is 11.1 Å². The summed E-state index contributed by atoms with van der Waals surface area (Å²) in [7, 11) is 0. The number of benzene rings is 1. The van der Waals surface area contributed by atoms with Gasteiger partial charge in [0.1, 0.15) is 5.82 Å². The predicted octanol–water partition coefficient (Wildman–Crippen LogP) is 2.20. The van der Waals surface area contributed by atoms with Crippen LogP contribution in [0.5, 0.6) is 0 Å². The Morgan fingerprint density at radius 2 is 2.20 bits per heavy atom. The first kappa shape index (κ1) is 11.0. The number of hydrogen-bond donors (Lipinski definition) is 2. The Labute approximate surface area is 96.6 Å². The summed E-state index contributed by atoms with van der Waals surface area (Å²) in [4.78, 5) is 0. The fourth-order valence-electron chi connectivity index (χ4n) is 1.51. The predicted molar refractivity (Wildman–Crippen MR) is 60.0 cm³/mol. The maximum atomic E-state index is 13.2. The first-order valence-corrected chi connectivity index (χ1v) is 5.75. The van der Waals surface area contributed by atoms with Crippen LogP contribution < -0.4 is 5.32 Å². The lowest BCUT2D eigenvalue weighted by atomic mass is 10.2. The fraction of sp³-hybridized carbons (Fsp3) is 0.455. The minimum atomic E-state index is -0.247. The minimum Gasteiger partial charge on any atom is -0.394 e. The fourth-order valence-corrected chi connectivity index (χ4v) is 1.91. The summed E-state index contributed by atoms with van der Waals surface area (Å²) in [5.41, 5.74) is 0.779. The van der Waals surface area contributed by atoms with Crippen LogP contribution in [0.25, 0.3) is 0 Å². The molecular formula is C11H13BrFNO. The zero-order valence-electron chi connectivity index (χ0n) is 8.26. The van der Waals surface area contributed by atoms with E-state index in [1.807, 2.05) is 6.07 Å². The van der Waals surface area contributed by atoms with Gasteiger partial charge in [-0.1, -0.05) is 12.1 Å². The van der Waals surface area contributed by atoms with Gasteiger partial charge in [-0.2, -0.15) is 0 Å². The van der Waals surface area contributed by atoms with E-state index in [-0.39, 0.29) is 18.0 Å². The molecule has 1 aromatic carbocycles. The smallest absolute Gasteiger partial charge is 0.137 e. The van der Waals surface area contributed by atoms with Crippen molar-refractivity contribution in [2.24, 2.45) is 0 Å². The van der Waals surface area contributed by atoms with Crippen LogP contribution >= 0.6 is 15.9 Å². The van der Waals surface area contributed by atoms with Crippen LogP contribution in [0.3, 0.4) is 0 Å². The molecule has 0 radical (unpaired) electrons. The monoisotopic (exact) mass is 273 g/mol. The lowest BCUT2D eigenvalue weighted by Gasteiger charge is -2.14. The first-order chi connectivity index (χ1) is 7.17. The van der Waals surface area contributed by atoms with E-state index in [0.717, 1.165) is 18.4 Å². The van der Waals surface area contributed by atoms with Crippen molar-refractivity contribution in [1.29, 1.82) is 0 Å². The molecule has 15 heavy (non-hydrogen) atoms. The highest BCUT2D eigenvalue weighted by Crippen LogP contribution is 2.35. The van der Waals surface area contributed by atoms with Crippen LogP contribution in [-0.2, 0) is 6.54 Å². The van der Waals surface area contributed by atoms with Gasteiger partial charge in [-0.05, 0) is 40.4 Å². The maximum absolute atomic E-state index is 13.2. The summed E-state index contributed by atoms with van der Waals surface area (Å²) in [6.45, 7) is 0.735. The van der Waals surface area contributed by atoms with Crippen molar-refractivity contribution in [3.05, 3.63) is 34.1 Å². The Kier molecular flexibility index (Phi) is 3.09. The average Bonchev–Trinajstić information content (AvgIpc) is 3.01. The highest BCUT2D eigenvalue weighted by atomic mass is 79.9. The lowest BCUT2D eigenvalue weighted by Crippen LogP contribution is -2.34. The molecule has 82 valence electrons. The van der Waals surface area contributed by atoms with Gasteiger partial charge in [0.15, 0.2) is 0 Å². The largest absolute Gasteiger partial charge is 0.394 e. The van der Waals surface area contributed by atoms with Crippen LogP contribution in [0.15, 0.2) is 22.7 Å². The van der Waals surface area contributed by atoms with Crippen molar-refractivity contribution in [2.45, 2.75) is 24.9 Å². The molecule has 0 atom stereocenters. The second kappa shape index (κ2) is 4.20. The third kappa shape index (κ3) is 2.38. The van der Waals surface area contributed by atoms with Gasteiger partial charge in [-0.25, -0.2) is 4.39 Å². The molecule has 1 aliphatic carbocycles. The van der Waals surface area contributed by atoms with Gasteiger partial charge in [-0.15, -0.1) is 0 Å². The molecule has 0 aliphatic heterocycles. The third-order valence-corrected chi connectivity index (χ3v) is 3.73. The highest BCUT2D eigenvalue weighted by Gasteiger charge is 2.41. The Morgan fingerprint density at radius 3 is 2.80 bits per heavy atom. The molecule has 1 aliphatic rings. The number of hydrogen-bond acceptors (Lipinski definition) is 2.